The molecule has 90 valence electrons. The number of rotatable bonds is 5. The number of hydrogen-bond donors (Lipinski definition) is 2. The van der Waals surface area contributed by atoms with Gasteiger partial charge in [0.05, 0.1) is 11.7 Å². The summed E-state index contributed by atoms with van der Waals surface area (Å²) in [5.74, 6) is -1.75. The maximum absolute atomic E-state index is 13.4. The Morgan fingerprint density at radius 2 is 1.88 bits per heavy atom. The van der Waals surface area contributed by atoms with Crippen LogP contribution in [0.15, 0.2) is 18.2 Å². The van der Waals surface area contributed by atoms with E-state index in [0.29, 0.717) is 6.42 Å². The largest absolute Gasteiger partial charge is 0.388 e. The Morgan fingerprint density at radius 1 is 1.31 bits per heavy atom. The normalized spacial score (nSPS) is 14.8. The van der Waals surface area contributed by atoms with Crippen LogP contribution in [0.1, 0.15) is 31.4 Å². The minimum atomic E-state index is -1.17. The van der Waals surface area contributed by atoms with Crippen molar-refractivity contribution in [2.24, 2.45) is 11.7 Å². The number of aliphatic hydroxyl groups excluding tert-OH is 1. The Balaban J connectivity index is 2.98. The molecule has 2 atom stereocenters. The van der Waals surface area contributed by atoms with Gasteiger partial charge in [-0.25, -0.2) is 8.78 Å². The van der Waals surface area contributed by atoms with Crippen LogP contribution < -0.4 is 5.73 Å². The van der Waals surface area contributed by atoms with E-state index < -0.39 is 17.7 Å². The highest BCUT2D eigenvalue weighted by Crippen LogP contribution is 2.28. The van der Waals surface area contributed by atoms with Crippen LogP contribution >= 0.6 is 0 Å². The highest BCUT2D eigenvalue weighted by atomic mass is 19.1. The average Bonchev–Trinajstić information content (AvgIpc) is 2.25. The summed E-state index contributed by atoms with van der Waals surface area (Å²) in [6, 6.07) is 3.56. The summed E-state index contributed by atoms with van der Waals surface area (Å²) in [6.07, 6.45) is 0.284. The summed E-state index contributed by atoms with van der Waals surface area (Å²) < 4.78 is 26.8. The van der Waals surface area contributed by atoms with Gasteiger partial charge in [0.2, 0.25) is 0 Å². The van der Waals surface area contributed by atoms with Gasteiger partial charge in [0, 0.05) is 5.92 Å². The molecule has 2 unspecified atom stereocenters. The van der Waals surface area contributed by atoms with Crippen molar-refractivity contribution < 1.29 is 13.9 Å². The zero-order valence-electron chi connectivity index (χ0n) is 9.29. The van der Waals surface area contributed by atoms with Gasteiger partial charge in [-0.1, -0.05) is 19.4 Å². The molecular formula is C12H17F2NO. The van der Waals surface area contributed by atoms with Crippen molar-refractivity contribution in [1.82, 2.24) is 0 Å². The van der Waals surface area contributed by atoms with Crippen LogP contribution in [-0.4, -0.2) is 11.7 Å². The number of nitrogens with two attached hydrogens (primary N) is 1. The predicted octanol–water partition coefficient (Wildman–Crippen LogP) is 2.37. The first-order valence-electron chi connectivity index (χ1n) is 5.43. The predicted molar refractivity (Wildman–Crippen MR) is 58.8 cm³/mol. The Labute approximate surface area is 94.1 Å². The fourth-order valence-corrected chi connectivity index (χ4v) is 1.80. The second-order valence-corrected chi connectivity index (χ2v) is 3.86. The first-order chi connectivity index (χ1) is 7.61. The third-order valence-electron chi connectivity index (χ3n) is 2.70. The number of halogens is 2. The molecule has 16 heavy (non-hydrogen) atoms. The molecule has 4 heteroatoms. The standard InChI is InChI=1S/C12H17F2NO/c1-2-4-8(7-15)12(16)11-9(13)5-3-6-10(11)14/h3,5-6,8,12,16H,2,4,7,15H2,1H3. The van der Waals surface area contributed by atoms with Crippen molar-refractivity contribution in [1.29, 1.82) is 0 Å². The smallest absolute Gasteiger partial charge is 0.131 e. The quantitative estimate of drug-likeness (QED) is 0.814. The zero-order chi connectivity index (χ0) is 12.1. The first kappa shape index (κ1) is 13.1. The van der Waals surface area contributed by atoms with Gasteiger partial charge in [-0.05, 0) is 25.1 Å². The maximum atomic E-state index is 13.4. The molecule has 0 spiro atoms. The van der Waals surface area contributed by atoms with Crippen molar-refractivity contribution in [2.75, 3.05) is 6.54 Å². The molecule has 0 aliphatic rings. The van der Waals surface area contributed by atoms with Gasteiger partial charge >= 0.3 is 0 Å². The lowest BCUT2D eigenvalue weighted by Gasteiger charge is -2.22. The highest BCUT2D eigenvalue weighted by molar-refractivity contribution is 5.22. The molecule has 0 aromatic heterocycles. The van der Waals surface area contributed by atoms with E-state index in [9.17, 15) is 13.9 Å². The fraction of sp³-hybridized carbons (Fsp3) is 0.500. The van der Waals surface area contributed by atoms with Gasteiger partial charge in [0.25, 0.3) is 0 Å². The second-order valence-electron chi connectivity index (χ2n) is 3.86. The van der Waals surface area contributed by atoms with E-state index in [1.54, 1.807) is 0 Å². The number of aliphatic hydroxyl groups is 1. The molecule has 0 radical (unpaired) electrons. The maximum Gasteiger partial charge on any atom is 0.131 e. The van der Waals surface area contributed by atoms with Crippen LogP contribution in [0.3, 0.4) is 0 Å². The molecular weight excluding hydrogens is 212 g/mol. The van der Waals surface area contributed by atoms with E-state index in [-0.39, 0.29) is 18.0 Å². The van der Waals surface area contributed by atoms with Crippen molar-refractivity contribution in [2.45, 2.75) is 25.9 Å². The van der Waals surface area contributed by atoms with Gasteiger partial charge in [-0.3, -0.25) is 0 Å². The summed E-state index contributed by atoms with van der Waals surface area (Å²) in [7, 11) is 0. The summed E-state index contributed by atoms with van der Waals surface area (Å²) in [6.45, 7) is 2.15. The summed E-state index contributed by atoms with van der Waals surface area (Å²) in [5, 5.41) is 9.91. The minimum Gasteiger partial charge on any atom is -0.388 e. The molecule has 1 aromatic carbocycles. The second kappa shape index (κ2) is 5.92. The molecule has 1 rings (SSSR count). The average molecular weight is 229 g/mol. The third kappa shape index (κ3) is 2.77. The van der Waals surface area contributed by atoms with E-state index in [2.05, 4.69) is 0 Å². The van der Waals surface area contributed by atoms with E-state index in [4.69, 9.17) is 5.73 Å². The fourth-order valence-electron chi connectivity index (χ4n) is 1.80. The lowest BCUT2D eigenvalue weighted by atomic mass is 9.91. The summed E-state index contributed by atoms with van der Waals surface area (Å²) in [4.78, 5) is 0. The van der Waals surface area contributed by atoms with Crippen LogP contribution in [0.25, 0.3) is 0 Å². The molecule has 0 amide bonds. The lowest BCUT2D eigenvalue weighted by molar-refractivity contribution is 0.0989. The summed E-state index contributed by atoms with van der Waals surface area (Å²) in [5.41, 5.74) is 5.22. The minimum absolute atomic E-state index is 0.211. The van der Waals surface area contributed by atoms with Crippen molar-refractivity contribution in [3.05, 3.63) is 35.4 Å². The molecule has 0 saturated carbocycles. The van der Waals surface area contributed by atoms with Gasteiger partial charge in [0.15, 0.2) is 0 Å². The van der Waals surface area contributed by atoms with Crippen LogP contribution in [0.5, 0.6) is 0 Å². The molecule has 0 saturated heterocycles. The first-order valence-corrected chi connectivity index (χ1v) is 5.43. The molecule has 0 heterocycles. The third-order valence-corrected chi connectivity index (χ3v) is 2.70. The Bertz CT molecular complexity index is 324. The van der Waals surface area contributed by atoms with Gasteiger partial charge in [-0.2, -0.15) is 0 Å². The van der Waals surface area contributed by atoms with Crippen molar-refractivity contribution in [3.8, 4) is 0 Å². The summed E-state index contributed by atoms with van der Waals surface area (Å²) >= 11 is 0. The van der Waals surface area contributed by atoms with Crippen LogP contribution in [0, 0.1) is 17.6 Å². The van der Waals surface area contributed by atoms with Crippen molar-refractivity contribution in [3.63, 3.8) is 0 Å². The van der Waals surface area contributed by atoms with Crippen molar-refractivity contribution >= 4 is 0 Å². The molecule has 0 bridgehead atoms. The van der Waals surface area contributed by atoms with Crippen LogP contribution in [-0.2, 0) is 0 Å². The lowest BCUT2D eigenvalue weighted by Crippen LogP contribution is -2.23. The Kier molecular flexibility index (Phi) is 4.83. The molecule has 0 fully saturated rings. The van der Waals surface area contributed by atoms with Crippen LogP contribution in [0.4, 0.5) is 8.78 Å². The van der Waals surface area contributed by atoms with E-state index in [0.717, 1.165) is 18.6 Å². The van der Waals surface area contributed by atoms with Gasteiger partial charge < -0.3 is 10.8 Å². The van der Waals surface area contributed by atoms with Gasteiger partial charge in [0.1, 0.15) is 11.6 Å². The molecule has 0 aliphatic heterocycles. The van der Waals surface area contributed by atoms with E-state index in [1.165, 1.54) is 6.07 Å². The molecule has 1 aromatic rings. The highest BCUT2D eigenvalue weighted by Gasteiger charge is 2.24. The van der Waals surface area contributed by atoms with E-state index in [1.807, 2.05) is 6.92 Å². The Morgan fingerprint density at radius 3 is 2.31 bits per heavy atom. The number of hydrogen-bond acceptors (Lipinski definition) is 2. The zero-order valence-corrected chi connectivity index (χ0v) is 9.29. The molecule has 0 aliphatic carbocycles. The molecule has 2 nitrogen and oxygen atoms in total. The Hall–Kier alpha value is -1.00. The monoisotopic (exact) mass is 229 g/mol. The SMILES string of the molecule is CCCC(CN)C(O)c1c(F)cccc1F. The topological polar surface area (TPSA) is 46.2 Å². The van der Waals surface area contributed by atoms with E-state index >= 15 is 0 Å². The number of benzene rings is 1. The van der Waals surface area contributed by atoms with Gasteiger partial charge in [-0.15, -0.1) is 0 Å². The molecule has 3 N–H and O–H groups in total. The van der Waals surface area contributed by atoms with Crippen LogP contribution in [0.2, 0.25) is 0 Å².